The van der Waals surface area contributed by atoms with E-state index in [0.717, 1.165) is 36.4 Å². The number of nitrogens with one attached hydrogen (secondary N) is 4. The van der Waals surface area contributed by atoms with Gasteiger partial charge < -0.3 is 46.1 Å². The summed E-state index contributed by atoms with van der Waals surface area (Å²) in [6, 6.07) is 14.9. The second kappa shape index (κ2) is 25.5. The van der Waals surface area contributed by atoms with Gasteiger partial charge in [-0.25, -0.2) is 43.3 Å². The van der Waals surface area contributed by atoms with Gasteiger partial charge in [-0.05, 0) is 145 Å². The first-order valence-corrected chi connectivity index (χ1v) is 23.7. The minimum absolute atomic E-state index is 0. The molecule has 5 heterocycles. The van der Waals surface area contributed by atoms with Crippen molar-refractivity contribution in [3.05, 3.63) is 162 Å². The third-order valence-corrected chi connectivity index (χ3v) is 11.7. The number of halogens is 9. The van der Waals surface area contributed by atoms with Gasteiger partial charge in [0, 0.05) is 29.5 Å². The number of benzene rings is 2. The van der Waals surface area contributed by atoms with Crippen LogP contribution >= 0.6 is 12.4 Å². The van der Waals surface area contributed by atoms with Crippen LogP contribution in [-0.2, 0) is 27.0 Å². The van der Waals surface area contributed by atoms with Crippen molar-refractivity contribution >= 4 is 36.0 Å². The van der Waals surface area contributed by atoms with E-state index >= 15 is 0 Å². The van der Waals surface area contributed by atoms with Gasteiger partial charge >= 0.3 is 24.4 Å². The third-order valence-electron chi connectivity index (χ3n) is 11.7. The number of pyridine rings is 2. The van der Waals surface area contributed by atoms with Crippen LogP contribution < -0.4 is 11.1 Å². The van der Waals surface area contributed by atoms with Crippen molar-refractivity contribution in [2.45, 2.75) is 114 Å². The minimum atomic E-state index is -5.23. The molecule has 0 fully saturated rings. The molecule has 1 amide bonds. The number of carbonyl (C=O) groups excluding carboxylic acids is 3. The molecule has 7 rings (SSSR count). The first kappa shape index (κ1) is 64.6. The number of carboxylic acids is 1. The third kappa shape index (κ3) is 16.8. The molecule has 0 radical (unpaired) electrons. The van der Waals surface area contributed by atoms with E-state index < -0.39 is 113 Å². The van der Waals surface area contributed by atoms with Crippen molar-refractivity contribution < 1.29 is 74.4 Å². The number of aliphatic hydroxyl groups is 2. The van der Waals surface area contributed by atoms with E-state index in [0.29, 0.717) is 5.56 Å². The van der Waals surface area contributed by atoms with E-state index in [1.165, 1.54) is 74.0 Å². The van der Waals surface area contributed by atoms with Crippen molar-refractivity contribution in [2.75, 3.05) is 0 Å². The SMILES string of the molecule is CC(C)(C)OC(=O)NC(C)(C)c1cc(-c2ccc(F)cc2)nc(C(O)(CCC(=O)c2cnc[nH]2)C(F)(F)F)c1.CC(C)(N)c1cc(-c2ccc(F)cc2)nc(C(O)(CCC(=O)c2cnc[nH]2)C(F)(F)F)c1.Cl.O=C(O)c1cnc[nH]1. The lowest BCUT2D eigenvalue weighted by atomic mass is 9.86. The number of imidazole rings is 3. The van der Waals surface area contributed by atoms with Gasteiger partial charge in [0.05, 0.1) is 65.9 Å². The highest BCUT2D eigenvalue weighted by atomic mass is 35.5. The number of carboxylic acid groups (broad SMARTS) is 1. The lowest BCUT2D eigenvalue weighted by Crippen LogP contribution is -2.45. The summed E-state index contributed by atoms with van der Waals surface area (Å²) >= 11 is 0. The zero-order chi connectivity index (χ0) is 58.9. The molecular formula is C53H57ClF8N10O8. The first-order chi connectivity index (χ1) is 36.5. The molecule has 7 aromatic rings. The number of ketones is 2. The molecule has 2 aromatic carbocycles. The van der Waals surface area contributed by atoms with Gasteiger partial charge in [-0.15, -0.1) is 12.4 Å². The predicted molar refractivity (Wildman–Crippen MR) is 276 cm³/mol. The topological polar surface area (TPSA) is 288 Å². The Kier molecular flexibility index (Phi) is 20.5. The normalized spacial score (nSPS) is 13.4. The summed E-state index contributed by atoms with van der Waals surface area (Å²) < 4.78 is 118. The summed E-state index contributed by atoms with van der Waals surface area (Å²) in [5, 5.41) is 32.7. The van der Waals surface area contributed by atoms with Crippen LogP contribution in [0, 0.1) is 11.6 Å². The molecule has 0 saturated heterocycles. The number of alkyl halides is 6. The molecule has 0 aliphatic carbocycles. The lowest BCUT2D eigenvalue weighted by Gasteiger charge is -2.33. The zero-order valence-corrected chi connectivity index (χ0v) is 44.7. The number of hydrogen-bond acceptors (Lipinski definition) is 13. The Hall–Kier alpha value is -7.94. The minimum Gasteiger partial charge on any atom is -0.477 e. The lowest BCUT2D eigenvalue weighted by molar-refractivity contribution is -0.270. The Bertz CT molecular complexity index is 3190. The highest BCUT2D eigenvalue weighted by Gasteiger charge is 2.57. The van der Waals surface area contributed by atoms with Crippen molar-refractivity contribution in [2.24, 2.45) is 5.73 Å². The van der Waals surface area contributed by atoms with Crippen LogP contribution in [0.15, 0.2) is 110 Å². The fourth-order valence-corrected chi connectivity index (χ4v) is 7.26. The summed E-state index contributed by atoms with van der Waals surface area (Å²) in [4.78, 5) is 73.6. The summed E-state index contributed by atoms with van der Waals surface area (Å²) in [7, 11) is 0. The number of carbonyl (C=O) groups is 4. The molecule has 9 N–H and O–H groups in total. The van der Waals surface area contributed by atoms with Crippen LogP contribution in [0.3, 0.4) is 0 Å². The summed E-state index contributed by atoms with van der Waals surface area (Å²) in [5.41, 5.74) is -4.25. The van der Waals surface area contributed by atoms with Crippen LogP contribution in [0.5, 0.6) is 0 Å². The molecule has 0 bridgehead atoms. The molecule has 27 heteroatoms. The average Bonchev–Trinajstić information content (AvgIpc) is 4.25. The standard InChI is InChI=1S/C27H30F4N4O4.C22H22F4N4O2.C4H4N2O2.ClH/c1-24(2,3)39-23(37)35-25(4,5)17-12-19(16-6-8-18(28)9-7-16)34-22(13-17)26(38,27(29,30)31)11-10-21(36)20-14-32-15-33-20;1-20(2,27)14-9-16(13-3-5-15(23)6-4-13)30-19(10-14)21(32,22(24,25)26)8-7-18(31)17-11-28-12-29-17;7-4(8)3-1-5-2-6-3;/h6-9,12-15,38H,10-11H2,1-5H3,(H,32,33)(H,35,37);3-6,9-12,32H,7-8,27H2,1-2H3,(H,28,29);1-2H,(H,5,6)(H,7,8);1H. The van der Waals surface area contributed by atoms with E-state index in [2.05, 4.69) is 45.2 Å². The number of amides is 1. The van der Waals surface area contributed by atoms with Crippen LogP contribution in [-0.4, -0.2) is 96.8 Å². The van der Waals surface area contributed by atoms with Crippen LogP contribution in [0.1, 0.15) is 128 Å². The number of aromatic amines is 3. The van der Waals surface area contributed by atoms with Gasteiger partial charge in [-0.3, -0.25) is 9.59 Å². The predicted octanol–water partition coefficient (Wildman–Crippen LogP) is 10.5. The van der Waals surface area contributed by atoms with Crippen LogP contribution in [0.25, 0.3) is 22.5 Å². The summed E-state index contributed by atoms with van der Waals surface area (Å²) in [6.07, 6.45) is -7.07. The molecule has 5 aromatic heterocycles. The number of nitrogens with zero attached hydrogens (tertiary/aromatic N) is 5. The number of ether oxygens (including phenoxy) is 1. The van der Waals surface area contributed by atoms with Crippen LogP contribution in [0.4, 0.5) is 39.9 Å². The van der Waals surface area contributed by atoms with Gasteiger partial charge in [-0.2, -0.15) is 26.3 Å². The maximum Gasteiger partial charge on any atom is 0.422 e. The smallest absolute Gasteiger partial charge is 0.422 e. The van der Waals surface area contributed by atoms with E-state index in [-0.39, 0.29) is 57.6 Å². The summed E-state index contributed by atoms with van der Waals surface area (Å²) in [6.45, 7) is 11.2. The van der Waals surface area contributed by atoms with Crippen molar-refractivity contribution in [1.29, 1.82) is 0 Å². The number of aromatic nitrogens is 8. The molecule has 0 spiro atoms. The molecule has 18 nitrogen and oxygen atoms in total. The number of aromatic carboxylic acids is 1. The first-order valence-electron chi connectivity index (χ1n) is 23.7. The largest absolute Gasteiger partial charge is 0.477 e. The Balaban J connectivity index is 0.000000302. The second-order valence-electron chi connectivity index (χ2n) is 20.0. The van der Waals surface area contributed by atoms with E-state index in [4.69, 9.17) is 15.6 Å². The molecule has 0 saturated carbocycles. The van der Waals surface area contributed by atoms with E-state index in [1.807, 2.05) is 0 Å². The molecule has 2 atom stereocenters. The Labute approximate surface area is 458 Å². The Morgan fingerprint density at radius 1 is 0.588 bits per heavy atom. The van der Waals surface area contributed by atoms with E-state index in [9.17, 15) is 64.5 Å². The number of hydrogen-bond donors (Lipinski definition) is 8. The van der Waals surface area contributed by atoms with Gasteiger partial charge in [0.25, 0.3) is 0 Å². The van der Waals surface area contributed by atoms with Crippen molar-refractivity contribution in [1.82, 2.24) is 45.2 Å². The molecule has 2 unspecified atom stereocenters. The molecule has 0 aliphatic rings. The number of rotatable bonds is 16. The molecule has 430 valence electrons. The Morgan fingerprint density at radius 2 is 0.950 bits per heavy atom. The number of H-pyrrole nitrogens is 3. The highest BCUT2D eigenvalue weighted by Crippen LogP contribution is 2.45. The van der Waals surface area contributed by atoms with Gasteiger partial charge in [-0.1, -0.05) is 0 Å². The van der Waals surface area contributed by atoms with Crippen LogP contribution in [0.2, 0.25) is 0 Å². The molecular weight excluding hydrogens is 1090 g/mol. The zero-order valence-electron chi connectivity index (χ0n) is 43.8. The number of Topliss-reactive ketones (excluding diaryl/α,β-unsaturated/α-hetero) is 2. The number of nitrogens with two attached hydrogens (primary N) is 1. The van der Waals surface area contributed by atoms with E-state index in [1.54, 1.807) is 48.5 Å². The summed E-state index contributed by atoms with van der Waals surface area (Å²) in [5.74, 6) is -3.39. The molecule has 0 aliphatic heterocycles. The maximum atomic E-state index is 14.4. The van der Waals surface area contributed by atoms with Gasteiger partial charge in [0.2, 0.25) is 11.2 Å². The fraction of sp³-hybridized carbons (Fsp3) is 0.340. The van der Waals surface area contributed by atoms with Gasteiger partial charge in [0.1, 0.15) is 34.3 Å². The quantitative estimate of drug-likeness (QED) is 0.0330. The highest BCUT2D eigenvalue weighted by molar-refractivity contribution is 5.94. The fourth-order valence-electron chi connectivity index (χ4n) is 7.26. The second-order valence-corrected chi connectivity index (χ2v) is 20.0. The maximum absolute atomic E-state index is 14.4. The number of alkyl carbamates (subject to hydrolysis) is 1. The molecule has 80 heavy (non-hydrogen) atoms. The van der Waals surface area contributed by atoms with Crippen molar-refractivity contribution in [3.63, 3.8) is 0 Å². The Morgan fingerprint density at radius 3 is 1.26 bits per heavy atom. The monoisotopic (exact) mass is 1150 g/mol. The van der Waals surface area contributed by atoms with Gasteiger partial charge in [0.15, 0.2) is 11.6 Å². The average molecular weight is 1150 g/mol. The van der Waals surface area contributed by atoms with Crippen molar-refractivity contribution in [3.8, 4) is 22.5 Å².